The smallest absolute Gasteiger partial charge is 0.394 e. The maximum Gasteiger partial charge on any atom is 0.397 e. The molecule has 0 spiro atoms. The highest BCUT2D eigenvalue weighted by Gasteiger charge is 2.31. The summed E-state index contributed by atoms with van der Waals surface area (Å²) in [5, 5.41) is 11.2. The molecule has 1 amide bonds. The molecule has 2 N–H and O–H groups in total. The predicted molar refractivity (Wildman–Crippen MR) is 59.8 cm³/mol. The molecule has 0 aliphatic carbocycles. The van der Waals surface area contributed by atoms with E-state index in [1.54, 1.807) is 30.3 Å². The molecule has 1 aromatic carbocycles. The van der Waals surface area contributed by atoms with Crippen LogP contribution in [-0.2, 0) is 11.2 Å². The van der Waals surface area contributed by atoms with Crippen molar-refractivity contribution in [2.45, 2.75) is 25.1 Å². The largest absolute Gasteiger partial charge is 0.397 e. The summed E-state index contributed by atoms with van der Waals surface area (Å²) in [6.07, 6.45) is -5.77. The molecule has 0 heterocycles. The Balaban J connectivity index is 2.50. The molecule has 1 rings (SSSR count). The molecule has 0 radical (unpaired) electrons. The van der Waals surface area contributed by atoms with Gasteiger partial charge in [-0.05, 0) is 12.0 Å². The fourth-order valence-corrected chi connectivity index (χ4v) is 1.52. The number of hydrogen-bond acceptors (Lipinski definition) is 2. The summed E-state index contributed by atoms with van der Waals surface area (Å²) in [6, 6.07) is 8.21. The fourth-order valence-electron chi connectivity index (χ4n) is 1.52. The average molecular weight is 261 g/mol. The van der Waals surface area contributed by atoms with Crippen molar-refractivity contribution in [1.29, 1.82) is 0 Å². The van der Waals surface area contributed by atoms with Gasteiger partial charge in [-0.25, -0.2) is 0 Å². The van der Waals surface area contributed by atoms with E-state index in [0.29, 0.717) is 6.42 Å². The zero-order valence-electron chi connectivity index (χ0n) is 9.57. The van der Waals surface area contributed by atoms with E-state index in [-0.39, 0.29) is 0 Å². The molecule has 0 saturated carbocycles. The standard InChI is InChI=1S/C12H14F3NO2/c13-12(14,15)7-11(18)16-10(8-17)6-9-4-2-1-3-5-9/h1-5,10,17H,6-8H2,(H,16,18). The van der Waals surface area contributed by atoms with Crippen LogP contribution in [0.4, 0.5) is 13.2 Å². The van der Waals surface area contributed by atoms with Crippen molar-refractivity contribution in [3.05, 3.63) is 35.9 Å². The molecular formula is C12H14F3NO2. The Labute approximate surface area is 103 Å². The maximum atomic E-state index is 12.0. The van der Waals surface area contributed by atoms with Crippen molar-refractivity contribution >= 4 is 5.91 Å². The van der Waals surface area contributed by atoms with E-state index in [1.807, 2.05) is 0 Å². The van der Waals surface area contributed by atoms with Crippen molar-refractivity contribution in [2.75, 3.05) is 6.61 Å². The molecule has 6 heteroatoms. The van der Waals surface area contributed by atoms with Gasteiger partial charge in [-0.1, -0.05) is 30.3 Å². The first kappa shape index (κ1) is 14.5. The number of amides is 1. The van der Waals surface area contributed by atoms with Gasteiger partial charge in [0.25, 0.3) is 0 Å². The zero-order chi connectivity index (χ0) is 13.6. The lowest BCUT2D eigenvalue weighted by Gasteiger charge is -2.17. The minimum Gasteiger partial charge on any atom is -0.394 e. The van der Waals surface area contributed by atoms with E-state index in [2.05, 4.69) is 5.32 Å². The van der Waals surface area contributed by atoms with Gasteiger partial charge in [0.2, 0.25) is 5.91 Å². The molecule has 0 bridgehead atoms. The summed E-state index contributed by atoms with van der Waals surface area (Å²) in [5.41, 5.74) is 0.837. The summed E-state index contributed by atoms with van der Waals surface area (Å²) in [4.78, 5) is 11.1. The maximum absolute atomic E-state index is 12.0. The summed E-state index contributed by atoms with van der Waals surface area (Å²) < 4.78 is 35.9. The van der Waals surface area contributed by atoms with Crippen molar-refractivity contribution in [3.63, 3.8) is 0 Å². The molecule has 0 aliphatic rings. The second kappa shape index (κ2) is 6.39. The van der Waals surface area contributed by atoms with Gasteiger partial charge in [0.1, 0.15) is 6.42 Å². The second-order valence-corrected chi connectivity index (χ2v) is 3.93. The second-order valence-electron chi connectivity index (χ2n) is 3.93. The highest BCUT2D eigenvalue weighted by atomic mass is 19.4. The van der Waals surface area contributed by atoms with Gasteiger partial charge in [-0.15, -0.1) is 0 Å². The highest BCUT2D eigenvalue weighted by Crippen LogP contribution is 2.19. The molecule has 0 aliphatic heterocycles. The van der Waals surface area contributed by atoms with Gasteiger partial charge >= 0.3 is 6.18 Å². The van der Waals surface area contributed by atoms with Crippen LogP contribution in [-0.4, -0.2) is 29.8 Å². The minimum atomic E-state index is -4.53. The Morgan fingerprint density at radius 2 is 1.89 bits per heavy atom. The van der Waals surface area contributed by atoms with Crippen LogP contribution in [0.3, 0.4) is 0 Å². The van der Waals surface area contributed by atoms with Gasteiger partial charge in [0.15, 0.2) is 0 Å². The molecule has 1 unspecified atom stereocenters. The quantitative estimate of drug-likeness (QED) is 0.847. The first-order chi connectivity index (χ1) is 8.40. The van der Waals surface area contributed by atoms with E-state index in [0.717, 1.165) is 5.56 Å². The molecular weight excluding hydrogens is 247 g/mol. The van der Waals surface area contributed by atoms with E-state index >= 15 is 0 Å². The third kappa shape index (κ3) is 5.67. The molecule has 18 heavy (non-hydrogen) atoms. The van der Waals surface area contributed by atoms with Gasteiger partial charge in [0.05, 0.1) is 12.6 Å². The number of halogens is 3. The summed E-state index contributed by atoms with van der Waals surface area (Å²) in [5.74, 6) is -1.13. The third-order valence-corrected chi connectivity index (χ3v) is 2.27. The van der Waals surface area contributed by atoms with Crippen molar-refractivity contribution < 1.29 is 23.1 Å². The number of benzene rings is 1. The van der Waals surface area contributed by atoms with Gasteiger partial charge in [-0.2, -0.15) is 13.2 Å². The molecule has 1 aromatic rings. The van der Waals surface area contributed by atoms with Gasteiger partial charge in [0, 0.05) is 0 Å². The van der Waals surface area contributed by atoms with Gasteiger partial charge in [-0.3, -0.25) is 4.79 Å². The number of hydrogen-bond donors (Lipinski definition) is 2. The summed E-state index contributed by atoms with van der Waals surface area (Å²) in [7, 11) is 0. The van der Waals surface area contributed by atoms with Crippen LogP contribution >= 0.6 is 0 Å². The molecule has 0 saturated heterocycles. The van der Waals surface area contributed by atoms with Crippen LogP contribution in [0.2, 0.25) is 0 Å². The topological polar surface area (TPSA) is 49.3 Å². The van der Waals surface area contributed by atoms with Crippen LogP contribution in [0.1, 0.15) is 12.0 Å². The first-order valence-corrected chi connectivity index (χ1v) is 5.41. The monoisotopic (exact) mass is 261 g/mol. The Morgan fingerprint density at radius 1 is 1.28 bits per heavy atom. The predicted octanol–water partition coefficient (Wildman–Crippen LogP) is 1.66. The minimum absolute atomic E-state index is 0.293. The lowest BCUT2D eigenvalue weighted by Crippen LogP contribution is -2.40. The number of carbonyl (C=O) groups excluding carboxylic acids is 1. The van der Waals surface area contributed by atoms with Crippen LogP contribution in [0.5, 0.6) is 0 Å². The van der Waals surface area contributed by atoms with Crippen LogP contribution in [0.15, 0.2) is 30.3 Å². The summed E-state index contributed by atoms with van der Waals surface area (Å²) >= 11 is 0. The zero-order valence-corrected chi connectivity index (χ0v) is 9.57. The van der Waals surface area contributed by atoms with E-state index in [9.17, 15) is 18.0 Å². The first-order valence-electron chi connectivity index (χ1n) is 5.41. The summed E-state index contributed by atoms with van der Waals surface area (Å²) in [6.45, 7) is -0.404. The molecule has 100 valence electrons. The van der Waals surface area contributed by atoms with Crippen LogP contribution in [0.25, 0.3) is 0 Å². The van der Waals surface area contributed by atoms with E-state index < -0.39 is 31.2 Å². The SMILES string of the molecule is O=C(CC(F)(F)F)NC(CO)Cc1ccccc1. The van der Waals surface area contributed by atoms with Crippen molar-refractivity contribution in [2.24, 2.45) is 0 Å². The number of aliphatic hydroxyl groups is 1. The molecule has 0 aromatic heterocycles. The van der Waals surface area contributed by atoms with Crippen molar-refractivity contribution in [3.8, 4) is 0 Å². The van der Waals surface area contributed by atoms with Gasteiger partial charge < -0.3 is 10.4 Å². The van der Waals surface area contributed by atoms with Crippen molar-refractivity contribution in [1.82, 2.24) is 5.32 Å². The van der Waals surface area contributed by atoms with E-state index in [1.165, 1.54) is 0 Å². The lowest BCUT2D eigenvalue weighted by molar-refractivity contribution is -0.154. The van der Waals surface area contributed by atoms with Crippen LogP contribution < -0.4 is 5.32 Å². The molecule has 3 nitrogen and oxygen atoms in total. The van der Waals surface area contributed by atoms with E-state index in [4.69, 9.17) is 5.11 Å². The number of alkyl halides is 3. The number of nitrogens with one attached hydrogen (secondary N) is 1. The molecule has 1 atom stereocenters. The number of aliphatic hydroxyl groups excluding tert-OH is 1. The lowest BCUT2D eigenvalue weighted by atomic mass is 10.1. The molecule has 0 fully saturated rings. The third-order valence-electron chi connectivity index (χ3n) is 2.27. The Kier molecular flexibility index (Phi) is 5.15. The Morgan fingerprint density at radius 3 is 2.39 bits per heavy atom. The average Bonchev–Trinajstić information content (AvgIpc) is 2.27. The normalized spacial score (nSPS) is 13.1. The highest BCUT2D eigenvalue weighted by molar-refractivity contribution is 5.76. The Bertz CT molecular complexity index is 379. The Hall–Kier alpha value is -1.56. The number of rotatable bonds is 5. The fraction of sp³-hybridized carbons (Fsp3) is 0.417. The number of carbonyl (C=O) groups is 1. The van der Waals surface area contributed by atoms with Crippen LogP contribution in [0, 0.1) is 0 Å².